The van der Waals surface area contributed by atoms with Gasteiger partial charge in [0, 0.05) is 18.1 Å². The lowest BCUT2D eigenvalue weighted by Gasteiger charge is -2.25. The van der Waals surface area contributed by atoms with Crippen molar-refractivity contribution in [2.24, 2.45) is 22.4 Å². The number of thiazole rings is 1. The van der Waals surface area contributed by atoms with Gasteiger partial charge in [0.1, 0.15) is 11.9 Å². The maximum absolute atomic E-state index is 13.5. The van der Waals surface area contributed by atoms with Gasteiger partial charge in [0.25, 0.3) is 5.91 Å². The normalized spacial score (nSPS) is 13.6. The fraction of sp³-hybridized carbons (Fsp3) is 0.409. The molecule has 0 radical (unpaired) electrons. The number of nitrogens with two attached hydrogens (primary N) is 2. The summed E-state index contributed by atoms with van der Waals surface area (Å²) in [5, 5.41) is 17.4. The van der Waals surface area contributed by atoms with Crippen LogP contribution in [0.4, 0.5) is 4.39 Å². The van der Waals surface area contributed by atoms with E-state index in [9.17, 15) is 23.9 Å². The maximum atomic E-state index is 13.5. The highest BCUT2D eigenvalue weighted by Crippen LogP contribution is 2.16. The molecule has 2 aromatic rings. The van der Waals surface area contributed by atoms with Crippen LogP contribution in [0.25, 0.3) is 0 Å². The molecule has 2 amide bonds. The number of aliphatic imine (C=N–C) groups is 1. The lowest BCUT2D eigenvalue weighted by atomic mass is 10.00. The molecule has 0 unspecified atom stereocenters. The van der Waals surface area contributed by atoms with Gasteiger partial charge in [-0.2, -0.15) is 0 Å². The number of ketones is 1. The number of aliphatic hydroxyl groups excluding tert-OH is 1. The quantitative estimate of drug-likeness (QED) is 0.127. The highest BCUT2D eigenvalue weighted by Gasteiger charge is 2.31. The van der Waals surface area contributed by atoms with Gasteiger partial charge >= 0.3 is 0 Å². The van der Waals surface area contributed by atoms with Crippen LogP contribution < -0.4 is 22.1 Å². The minimum atomic E-state index is -1.67. The number of aromatic nitrogens is 1. The Hall–Kier alpha value is -3.38. The van der Waals surface area contributed by atoms with E-state index in [0.29, 0.717) is 6.42 Å². The maximum Gasteiger partial charge on any atom is 0.254 e. The van der Waals surface area contributed by atoms with Gasteiger partial charge < -0.3 is 27.2 Å². The number of hydrogen-bond acceptors (Lipinski definition) is 7. The molecule has 3 atom stereocenters. The van der Waals surface area contributed by atoms with E-state index in [1.165, 1.54) is 24.4 Å². The SMILES string of the molecule is CC(C)[C@H](NC(=O)[C@H](O)c1cccc(F)c1)C(=O)N[C@@H](CCCN=C(N)N)C(=O)c1nccs1. The Morgan fingerprint density at radius 3 is 2.53 bits per heavy atom. The van der Waals surface area contributed by atoms with Crippen LogP contribution >= 0.6 is 11.3 Å². The molecular formula is C22H29FN6O4S. The molecule has 34 heavy (non-hydrogen) atoms. The van der Waals surface area contributed by atoms with Gasteiger partial charge in [0.05, 0.1) is 6.04 Å². The molecule has 0 aliphatic rings. The number of guanidine groups is 1. The summed E-state index contributed by atoms with van der Waals surface area (Å²) in [6.07, 6.45) is 0.473. The number of benzene rings is 1. The highest BCUT2D eigenvalue weighted by molar-refractivity contribution is 7.11. The first kappa shape index (κ1) is 26.9. The zero-order valence-corrected chi connectivity index (χ0v) is 19.7. The Morgan fingerprint density at radius 1 is 1.21 bits per heavy atom. The van der Waals surface area contributed by atoms with Crippen LogP contribution in [0.3, 0.4) is 0 Å². The van der Waals surface area contributed by atoms with Crippen LogP contribution in [0.5, 0.6) is 0 Å². The van der Waals surface area contributed by atoms with Gasteiger partial charge in [-0.1, -0.05) is 26.0 Å². The number of amides is 2. The number of carbonyl (C=O) groups excluding carboxylic acids is 3. The first-order valence-electron chi connectivity index (χ1n) is 10.6. The number of hydrogen-bond donors (Lipinski definition) is 5. The van der Waals surface area contributed by atoms with Crippen LogP contribution in [0.2, 0.25) is 0 Å². The zero-order chi connectivity index (χ0) is 25.3. The summed E-state index contributed by atoms with van der Waals surface area (Å²) in [7, 11) is 0. The number of aliphatic hydroxyl groups is 1. The standard InChI is InChI=1S/C22H29FN6O4S/c1-12(2)16(29-20(33)17(30)13-5-3-6-14(23)11-13)19(32)28-15(7-4-8-27-22(24)25)18(31)21-26-9-10-34-21/h3,5-6,9-12,15-17,30H,4,7-8H2,1-2H3,(H,28,32)(H,29,33)(H4,24,25,27)/t15-,16-,17+/m0/s1. The monoisotopic (exact) mass is 492 g/mol. The van der Waals surface area contributed by atoms with Crippen molar-refractivity contribution in [3.63, 3.8) is 0 Å². The Morgan fingerprint density at radius 2 is 1.94 bits per heavy atom. The lowest BCUT2D eigenvalue weighted by molar-refractivity contribution is -0.135. The summed E-state index contributed by atoms with van der Waals surface area (Å²) in [4.78, 5) is 46.4. The predicted molar refractivity (Wildman–Crippen MR) is 126 cm³/mol. The number of nitrogens with zero attached hydrogens (tertiary/aromatic N) is 2. The van der Waals surface area contributed by atoms with Gasteiger partial charge in [0.15, 0.2) is 17.1 Å². The van der Waals surface area contributed by atoms with E-state index >= 15 is 0 Å². The van der Waals surface area contributed by atoms with Crippen molar-refractivity contribution < 1.29 is 23.9 Å². The summed E-state index contributed by atoms with van der Waals surface area (Å²) >= 11 is 1.15. The number of Topliss-reactive ketones (excluding diaryl/α,β-unsaturated/α-hetero) is 1. The number of carbonyl (C=O) groups is 3. The van der Waals surface area contributed by atoms with Gasteiger partial charge in [-0.3, -0.25) is 19.4 Å². The van der Waals surface area contributed by atoms with Gasteiger partial charge in [0.2, 0.25) is 11.7 Å². The number of nitrogens with one attached hydrogen (secondary N) is 2. The second kappa shape index (κ2) is 12.8. The molecule has 0 spiro atoms. The van der Waals surface area contributed by atoms with Gasteiger partial charge in [-0.05, 0) is 36.5 Å². The third-order valence-corrected chi connectivity index (χ3v) is 5.67. The smallest absolute Gasteiger partial charge is 0.254 e. The van der Waals surface area contributed by atoms with Crippen molar-refractivity contribution in [1.29, 1.82) is 0 Å². The predicted octanol–water partition coefficient (Wildman–Crippen LogP) is 0.878. The van der Waals surface area contributed by atoms with Gasteiger partial charge in [-0.15, -0.1) is 11.3 Å². The average molecular weight is 493 g/mol. The molecule has 12 heteroatoms. The Labute approximate surface area is 200 Å². The highest BCUT2D eigenvalue weighted by atomic mass is 32.1. The second-order valence-corrected chi connectivity index (χ2v) is 8.79. The molecule has 184 valence electrons. The first-order chi connectivity index (χ1) is 16.1. The van der Waals surface area contributed by atoms with Crippen LogP contribution in [-0.4, -0.2) is 52.3 Å². The molecule has 0 aliphatic heterocycles. The van der Waals surface area contributed by atoms with E-state index in [0.717, 1.165) is 17.4 Å². The van der Waals surface area contributed by atoms with Crippen molar-refractivity contribution in [2.45, 2.75) is 44.9 Å². The summed E-state index contributed by atoms with van der Waals surface area (Å²) in [5.74, 6) is -2.90. The molecule has 10 nitrogen and oxygen atoms in total. The van der Waals surface area contributed by atoms with Crippen molar-refractivity contribution in [1.82, 2.24) is 15.6 Å². The Balaban J connectivity index is 2.12. The number of halogens is 1. The second-order valence-electron chi connectivity index (χ2n) is 7.90. The van der Waals surface area contributed by atoms with Crippen LogP contribution in [0, 0.1) is 11.7 Å². The van der Waals surface area contributed by atoms with Crippen molar-refractivity contribution in [3.05, 3.63) is 52.2 Å². The Bertz CT molecular complexity index is 1010. The molecule has 1 aromatic heterocycles. The topological polar surface area (TPSA) is 173 Å². The summed E-state index contributed by atoms with van der Waals surface area (Å²) in [6, 6.07) is 3.01. The van der Waals surface area contributed by atoms with E-state index < -0.39 is 35.8 Å². The molecule has 0 saturated carbocycles. The molecule has 2 rings (SSSR count). The molecule has 0 saturated heterocycles. The fourth-order valence-corrected chi connectivity index (χ4v) is 3.75. The van der Waals surface area contributed by atoms with E-state index in [2.05, 4.69) is 20.6 Å². The molecule has 1 aromatic carbocycles. The molecule has 7 N–H and O–H groups in total. The number of rotatable bonds is 12. The van der Waals surface area contributed by atoms with Crippen molar-refractivity contribution in [2.75, 3.05) is 6.54 Å². The van der Waals surface area contributed by atoms with Crippen LogP contribution in [-0.2, 0) is 9.59 Å². The van der Waals surface area contributed by atoms with Crippen molar-refractivity contribution >= 4 is 34.9 Å². The minimum Gasteiger partial charge on any atom is -0.378 e. The van der Waals surface area contributed by atoms with Crippen LogP contribution in [0.15, 0.2) is 40.8 Å². The summed E-state index contributed by atoms with van der Waals surface area (Å²) < 4.78 is 13.5. The molecule has 0 aliphatic carbocycles. The van der Waals surface area contributed by atoms with E-state index in [-0.39, 0.29) is 41.2 Å². The lowest BCUT2D eigenvalue weighted by Crippen LogP contribution is -2.54. The molecule has 1 heterocycles. The minimum absolute atomic E-state index is 0.0527. The molecular weight excluding hydrogens is 463 g/mol. The van der Waals surface area contributed by atoms with E-state index in [1.807, 2.05) is 0 Å². The first-order valence-corrected chi connectivity index (χ1v) is 11.5. The third kappa shape index (κ3) is 7.89. The fourth-order valence-electron chi connectivity index (χ4n) is 3.12. The summed E-state index contributed by atoms with van der Waals surface area (Å²) in [6.45, 7) is 3.68. The largest absolute Gasteiger partial charge is 0.378 e. The zero-order valence-electron chi connectivity index (χ0n) is 18.9. The van der Waals surface area contributed by atoms with E-state index in [4.69, 9.17) is 11.5 Å². The summed E-state index contributed by atoms with van der Waals surface area (Å²) in [5.41, 5.74) is 10.7. The van der Waals surface area contributed by atoms with Crippen molar-refractivity contribution in [3.8, 4) is 0 Å². The van der Waals surface area contributed by atoms with Crippen LogP contribution in [0.1, 0.15) is 48.2 Å². The average Bonchev–Trinajstić information content (AvgIpc) is 3.32. The third-order valence-electron chi connectivity index (χ3n) is 4.88. The Kier molecular flexibility index (Phi) is 10.1. The van der Waals surface area contributed by atoms with Gasteiger partial charge in [-0.25, -0.2) is 9.37 Å². The van der Waals surface area contributed by atoms with E-state index in [1.54, 1.807) is 19.2 Å². The molecule has 0 fully saturated rings. The molecule has 0 bridgehead atoms.